The number of aromatic nitrogens is 1. The molecule has 0 radical (unpaired) electrons. The molecule has 1 fully saturated rings. The van der Waals surface area contributed by atoms with Crippen molar-refractivity contribution in [3.63, 3.8) is 0 Å². The second-order valence-electron chi connectivity index (χ2n) is 8.67. The van der Waals surface area contributed by atoms with Gasteiger partial charge in [-0.25, -0.2) is 4.39 Å². The van der Waals surface area contributed by atoms with E-state index in [2.05, 4.69) is 31.3 Å². The first-order valence-corrected chi connectivity index (χ1v) is 11.8. The van der Waals surface area contributed by atoms with Crippen molar-refractivity contribution >= 4 is 22.7 Å². The van der Waals surface area contributed by atoms with Gasteiger partial charge in [0.2, 0.25) is 0 Å². The van der Waals surface area contributed by atoms with Gasteiger partial charge in [0.15, 0.2) is 0 Å². The van der Waals surface area contributed by atoms with Crippen LogP contribution < -0.4 is 10.9 Å². The molecule has 31 heavy (non-hydrogen) atoms. The Morgan fingerprint density at radius 2 is 2.00 bits per heavy atom. The molecule has 4 nitrogen and oxygen atoms in total. The van der Waals surface area contributed by atoms with Crippen molar-refractivity contribution in [3.8, 4) is 0 Å². The highest BCUT2D eigenvalue weighted by Crippen LogP contribution is 2.24. The molecule has 1 saturated heterocycles. The van der Waals surface area contributed by atoms with E-state index >= 15 is 0 Å². The summed E-state index contributed by atoms with van der Waals surface area (Å²) in [4.78, 5) is 14.5. The van der Waals surface area contributed by atoms with Gasteiger partial charge in [0, 0.05) is 42.0 Å². The second-order valence-corrected chi connectivity index (χ2v) is 9.84. The molecule has 4 rings (SSSR count). The topological polar surface area (TPSA) is 43.3 Å². The lowest BCUT2D eigenvalue weighted by molar-refractivity contribution is -0.0630. The van der Waals surface area contributed by atoms with Gasteiger partial charge in [-0.15, -0.1) is 11.8 Å². The molecular formula is C25H29FN2O2S. The van der Waals surface area contributed by atoms with Gasteiger partial charge < -0.3 is 14.6 Å². The minimum absolute atomic E-state index is 0.0504. The van der Waals surface area contributed by atoms with Crippen LogP contribution in [0.4, 0.5) is 4.39 Å². The molecule has 0 aliphatic carbocycles. The third kappa shape index (κ3) is 5.56. The smallest absolute Gasteiger partial charge is 0.255 e. The van der Waals surface area contributed by atoms with Crippen molar-refractivity contribution in [1.82, 2.24) is 9.88 Å². The number of pyridine rings is 1. The van der Waals surface area contributed by atoms with Crippen molar-refractivity contribution in [3.05, 3.63) is 76.3 Å². The number of fused-ring (bicyclic) bond motifs is 1. The van der Waals surface area contributed by atoms with Gasteiger partial charge in [-0.3, -0.25) is 4.79 Å². The van der Waals surface area contributed by atoms with E-state index in [4.69, 9.17) is 4.74 Å². The average molecular weight is 441 g/mol. The van der Waals surface area contributed by atoms with E-state index in [1.54, 1.807) is 22.4 Å². The fourth-order valence-electron chi connectivity index (χ4n) is 4.19. The molecule has 1 aromatic heterocycles. The molecule has 0 spiro atoms. The Morgan fingerprint density at radius 1 is 1.19 bits per heavy atom. The zero-order valence-corrected chi connectivity index (χ0v) is 18.9. The molecule has 1 N–H and O–H groups in total. The fourth-order valence-corrected chi connectivity index (χ4v) is 5.04. The number of hydrogen-bond acceptors (Lipinski definition) is 4. The van der Waals surface area contributed by atoms with Gasteiger partial charge in [-0.2, -0.15) is 0 Å². The summed E-state index contributed by atoms with van der Waals surface area (Å²) in [6.07, 6.45) is 1.85. The van der Waals surface area contributed by atoms with E-state index < -0.39 is 0 Å². The van der Waals surface area contributed by atoms with Crippen LogP contribution >= 0.6 is 11.8 Å². The third-order valence-electron chi connectivity index (χ3n) is 5.74. The number of ether oxygens (including phenoxy) is 1. The van der Waals surface area contributed by atoms with Gasteiger partial charge in [0.25, 0.3) is 5.56 Å². The van der Waals surface area contributed by atoms with Gasteiger partial charge in [0.05, 0.1) is 11.1 Å². The number of aryl methyl sites for hydroxylation is 1. The maximum Gasteiger partial charge on any atom is 0.255 e. The number of nitrogens with zero attached hydrogens (tertiary/aromatic N) is 1. The monoisotopic (exact) mass is 440 g/mol. The Bertz CT molecular complexity index is 1100. The maximum atomic E-state index is 14.0. The average Bonchev–Trinajstić information content (AvgIpc) is 2.74. The molecule has 0 amide bonds. The highest BCUT2D eigenvalue weighted by atomic mass is 32.2. The van der Waals surface area contributed by atoms with Crippen molar-refractivity contribution in [1.29, 1.82) is 0 Å². The lowest BCUT2D eigenvalue weighted by Gasteiger charge is -2.36. The van der Waals surface area contributed by atoms with Crippen LogP contribution in [-0.2, 0) is 17.8 Å². The van der Waals surface area contributed by atoms with E-state index in [9.17, 15) is 9.18 Å². The first-order chi connectivity index (χ1) is 14.9. The van der Waals surface area contributed by atoms with E-state index in [1.165, 1.54) is 12.1 Å². The van der Waals surface area contributed by atoms with Gasteiger partial charge in [-0.05, 0) is 68.5 Å². The largest absolute Gasteiger partial charge is 0.375 e. The van der Waals surface area contributed by atoms with Crippen LogP contribution in [0.3, 0.4) is 0 Å². The fraction of sp³-hybridized carbons (Fsp3) is 0.400. The molecule has 2 aromatic carbocycles. The molecule has 0 bridgehead atoms. The van der Waals surface area contributed by atoms with Crippen LogP contribution in [0.1, 0.15) is 32.3 Å². The predicted molar refractivity (Wildman–Crippen MR) is 125 cm³/mol. The SMILES string of the molecule is CC1(C)C[C@H](NCc2cc3ccc(F)cc3n(CCSc3ccccc3)c2=O)CCO1. The standard InChI is InChI=1S/C25H29FN2O2S/c1-25(2)16-21(10-12-30-25)27-17-19-14-18-8-9-20(26)15-23(18)28(24(19)29)11-13-31-22-6-4-3-5-7-22/h3-9,14-15,21,27H,10-13,16-17H2,1-2H3/t21-/m1/s1. The Morgan fingerprint density at radius 3 is 2.77 bits per heavy atom. The van der Waals surface area contributed by atoms with Crippen molar-refractivity contribution in [2.75, 3.05) is 12.4 Å². The molecule has 6 heteroatoms. The van der Waals surface area contributed by atoms with Crippen LogP contribution in [0.15, 0.2) is 64.3 Å². The highest BCUT2D eigenvalue weighted by Gasteiger charge is 2.28. The number of halogens is 1. The third-order valence-corrected chi connectivity index (χ3v) is 6.73. The van der Waals surface area contributed by atoms with Crippen molar-refractivity contribution in [2.24, 2.45) is 0 Å². The summed E-state index contributed by atoms with van der Waals surface area (Å²) in [5.74, 6) is 0.410. The number of rotatable bonds is 7. The first kappa shape index (κ1) is 22.1. The Balaban J connectivity index is 1.55. The summed E-state index contributed by atoms with van der Waals surface area (Å²) in [6.45, 7) is 5.95. The van der Waals surface area contributed by atoms with Crippen LogP contribution in [0, 0.1) is 5.82 Å². The molecular weight excluding hydrogens is 411 g/mol. The van der Waals surface area contributed by atoms with E-state index in [1.807, 2.05) is 24.3 Å². The number of benzene rings is 2. The Hall–Kier alpha value is -2.15. The summed E-state index contributed by atoms with van der Waals surface area (Å²) in [6, 6.07) is 17.0. The predicted octanol–water partition coefficient (Wildman–Crippen LogP) is 4.98. The number of nitrogens with one attached hydrogen (secondary N) is 1. The Labute approximate surface area is 186 Å². The normalized spacial score (nSPS) is 18.4. The van der Waals surface area contributed by atoms with Crippen LogP contribution in [0.25, 0.3) is 10.9 Å². The lowest BCUT2D eigenvalue weighted by atomic mass is 9.94. The molecule has 1 aliphatic heterocycles. The maximum absolute atomic E-state index is 14.0. The zero-order valence-electron chi connectivity index (χ0n) is 18.1. The number of hydrogen-bond donors (Lipinski definition) is 1. The van der Waals surface area contributed by atoms with Gasteiger partial charge in [0.1, 0.15) is 5.82 Å². The zero-order chi connectivity index (χ0) is 21.8. The summed E-state index contributed by atoms with van der Waals surface area (Å²) < 4.78 is 21.5. The van der Waals surface area contributed by atoms with Crippen LogP contribution in [-0.4, -0.2) is 28.6 Å². The van der Waals surface area contributed by atoms with E-state index in [-0.39, 0.29) is 17.0 Å². The summed E-state index contributed by atoms with van der Waals surface area (Å²) in [5, 5.41) is 4.43. The van der Waals surface area contributed by atoms with E-state index in [0.29, 0.717) is 30.2 Å². The lowest BCUT2D eigenvalue weighted by Crippen LogP contribution is -2.44. The summed E-state index contributed by atoms with van der Waals surface area (Å²) in [5.41, 5.74) is 1.17. The quantitative estimate of drug-likeness (QED) is 0.526. The van der Waals surface area contributed by atoms with Crippen LogP contribution in [0.5, 0.6) is 0 Å². The number of thioether (sulfide) groups is 1. The summed E-state index contributed by atoms with van der Waals surface area (Å²) in [7, 11) is 0. The van der Waals surface area contributed by atoms with Crippen molar-refractivity contribution < 1.29 is 9.13 Å². The molecule has 0 saturated carbocycles. The van der Waals surface area contributed by atoms with Gasteiger partial charge >= 0.3 is 0 Å². The molecule has 0 unspecified atom stereocenters. The summed E-state index contributed by atoms with van der Waals surface area (Å²) >= 11 is 1.70. The highest BCUT2D eigenvalue weighted by molar-refractivity contribution is 7.99. The second kappa shape index (κ2) is 9.55. The molecule has 1 atom stereocenters. The van der Waals surface area contributed by atoms with Crippen LogP contribution in [0.2, 0.25) is 0 Å². The molecule has 3 aromatic rings. The molecule has 1 aliphatic rings. The first-order valence-electron chi connectivity index (χ1n) is 10.8. The van der Waals surface area contributed by atoms with E-state index in [0.717, 1.165) is 35.5 Å². The minimum Gasteiger partial charge on any atom is -0.375 e. The molecule has 2 heterocycles. The molecule has 164 valence electrons. The minimum atomic E-state index is -0.327. The van der Waals surface area contributed by atoms with Gasteiger partial charge in [-0.1, -0.05) is 18.2 Å². The van der Waals surface area contributed by atoms with Crippen molar-refractivity contribution in [2.45, 2.75) is 56.3 Å². The Kier molecular flexibility index (Phi) is 6.80.